The molecule has 6 atom stereocenters. The Morgan fingerprint density at radius 2 is 0.721 bits per heavy atom. The van der Waals surface area contributed by atoms with E-state index >= 15 is 0 Å². The molecule has 68 heavy (non-hydrogen) atoms. The third-order valence-electron chi connectivity index (χ3n) is 12.1. The number of unbranched alkanes of at least 4 members (excludes halogenated alkanes) is 6. The van der Waals surface area contributed by atoms with Gasteiger partial charge in [0.1, 0.15) is 6.61 Å². The van der Waals surface area contributed by atoms with Gasteiger partial charge in [-0.15, -0.1) is 0 Å². The van der Waals surface area contributed by atoms with E-state index in [0.29, 0.717) is 39.3 Å². The summed E-state index contributed by atoms with van der Waals surface area (Å²) in [4.78, 5) is 83.1. The first-order chi connectivity index (χ1) is 32.6. The number of ether oxygens (including phenoxy) is 3. The van der Waals surface area contributed by atoms with Crippen molar-refractivity contribution in [2.24, 2.45) is 41.2 Å². The molecule has 1 aromatic carbocycles. The highest BCUT2D eigenvalue weighted by Crippen LogP contribution is 2.14. The molecule has 0 spiro atoms. The first-order valence-corrected chi connectivity index (χ1v) is 25.5. The third kappa shape index (κ3) is 33.7. The number of hydrogen-bond acceptors (Lipinski definition) is 11. The molecule has 0 heterocycles. The Bertz CT molecular complexity index is 1530. The van der Waals surface area contributed by atoms with Gasteiger partial charge in [0.05, 0.1) is 26.1 Å². The van der Waals surface area contributed by atoms with E-state index in [1.165, 1.54) is 14.2 Å². The van der Waals surface area contributed by atoms with Crippen molar-refractivity contribution >= 4 is 41.7 Å². The third-order valence-corrected chi connectivity index (χ3v) is 12.1. The van der Waals surface area contributed by atoms with E-state index in [-0.39, 0.29) is 77.7 Å². The first kappa shape index (κ1) is 63.3. The van der Waals surface area contributed by atoms with Crippen LogP contribution in [0.5, 0.6) is 0 Å². The minimum atomic E-state index is -0.432. The van der Waals surface area contributed by atoms with Crippen LogP contribution in [-0.4, -0.2) is 95.1 Å². The lowest BCUT2D eigenvalue weighted by Gasteiger charge is -2.14. The molecule has 1 rings (SSSR count). The molecule has 5 amide bonds. The molecule has 0 unspecified atom stereocenters. The standard InChI is InChI=1S/C30H49N3O6.C22H43N3O4/c1-23(27(34)32-20-12-10-16-25(3)29(36)38-4)14-8-11-19-31-28(35)24(2)15-9-13-21-33-30(37)39-22-26-17-6-5-7-18-26;1-17(11-5-8-14-23)20(26)24-15-9-6-12-18(2)21(27)25-16-10-7-13-19(3)22(28)29-4/h5-7,17-18,23-25H,8-16,19-22H2,1-4H3,(H,31,35)(H,32,34)(H,33,37);17-19H,5-16,23H2,1-4H3,(H,24,26)(H,25,27)/t23-,24-,25-;17-,18-,19-/m00/s1. The summed E-state index contributed by atoms with van der Waals surface area (Å²) in [6, 6.07) is 9.53. The first-order valence-electron chi connectivity index (χ1n) is 25.5. The monoisotopic (exact) mass is 961 g/mol. The minimum Gasteiger partial charge on any atom is -0.469 e. The van der Waals surface area contributed by atoms with Crippen molar-refractivity contribution < 1.29 is 47.8 Å². The summed E-state index contributed by atoms with van der Waals surface area (Å²) in [5, 5.41) is 14.6. The Labute approximate surface area is 409 Å². The van der Waals surface area contributed by atoms with Gasteiger partial charge < -0.3 is 46.5 Å². The largest absolute Gasteiger partial charge is 0.469 e. The fraction of sp³-hybridized carbons (Fsp3) is 0.750. The summed E-state index contributed by atoms with van der Waals surface area (Å²) in [6.07, 6.45) is 14.8. The number of hydrogen-bond donors (Lipinski definition) is 6. The highest BCUT2D eigenvalue weighted by molar-refractivity contribution is 5.79. The van der Waals surface area contributed by atoms with Gasteiger partial charge in [0, 0.05) is 56.4 Å². The van der Waals surface area contributed by atoms with E-state index in [9.17, 15) is 33.6 Å². The number of amides is 5. The molecule has 0 aliphatic carbocycles. The molecule has 0 aliphatic heterocycles. The lowest BCUT2D eigenvalue weighted by Crippen LogP contribution is -2.31. The van der Waals surface area contributed by atoms with Gasteiger partial charge in [0.2, 0.25) is 23.6 Å². The predicted octanol–water partition coefficient (Wildman–Crippen LogP) is 7.51. The number of nitrogens with two attached hydrogens (primary N) is 1. The van der Waals surface area contributed by atoms with Crippen LogP contribution in [0, 0.1) is 35.5 Å². The summed E-state index contributed by atoms with van der Waals surface area (Å²) in [7, 11) is 2.80. The number of nitrogens with one attached hydrogen (secondary N) is 5. The molecule has 0 radical (unpaired) electrons. The van der Waals surface area contributed by atoms with Gasteiger partial charge in [-0.25, -0.2) is 4.79 Å². The van der Waals surface area contributed by atoms with E-state index in [1.807, 2.05) is 71.9 Å². The smallest absolute Gasteiger partial charge is 0.407 e. The average molecular weight is 961 g/mol. The highest BCUT2D eigenvalue weighted by atomic mass is 16.5. The van der Waals surface area contributed by atoms with Gasteiger partial charge in [0.25, 0.3) is 0 Å². The van der Waals surface area contributed by atoms with Crippen LogP contribution in [0.1, 0.15) is 163 Å². The maximum Gasteiger partial charge on any atom is 0.407 e. The molecular weight excluding hydrogens is 869 g/mol. The lowest BCUT2D eigenvalue weighted by molar-refractivity contribution is -0.145. The number of benzene rings is 1. The summed E-state index contributed by atoms with van der Waals surface area (Å²) in [6.45, 7) is 15.4. The molecule has 16 nitrogen and oxygen atoms in total. The van der Waals surface area contributed by atoms with Crippen LogP contribution in [0.25, 0.3) is 0 Å². The molecule has 7 N–H and O–H groups in total. The topological polar surface area (TPSA) is 233 Å². The van der Waals surface area contributed by atoms with Crippen molar-refractivity contribution in [2.75, 3.05) is 53.5 Å². The molecule has 16 heteroatoms. The molecule has 0 aromatic heterocycles. The van der Waals surface area contributed by atoms with Gasteiger partial charge in [0.15, 0.2) is 0 Å². The molecule has 1 aromatic rings. The molecule has 0 aliphatic rings. The normalized spacial score (nSPS) is 13.4. The average Bonchev–Trinajstić information content (AvgIpc) is 3.34. The van der Waals surface area contributed by atoms with Crippen LogP contribution < -0.4 is 32.3 Å². The number of methoxy groups -OCH3 is 2. The van der Waals surface area contributed by atoms with Crippen LogP contribution in [0.3, 0.4) is 0 Å². The quantitative estimate of drug-likeness (QED) is 0.0217. The van der Waals surface area contributed by atoms with Crippen LogP contribution in [0.4, 0.5) is 4.79 Å². The maximum atomic E-state index is 12.3. The summed E-state index contributed by atoms with van der Waals surface area (Å²) in [5.74, 6) is -0.475. The van der Waals surface area contributed by atoms with Gasteiger partial charge >= 0.3 is 18.0 Å². The van der Waals surface area contributed by atoms with Gasteiger partial charge in [-0.3, -0.25) is 28.8 Å². The fourth-order valence-corrected chi connectivity index (χ4v) is 7.14. The van der Waals surface area contributed by atoms with Crippen molar-refractivity contribution in [1.82, 2.24) is 26.6 Å². The number of rotatable bonds is 37. The Morgan fingerprint density at radius 3 is 1.03 bits per heavy atom. The molecular formula is C52H92N6O10. The van der Waals surface area contributed by atoms with Crippen molar-refractivity contribution in [2.45, 2.75) is 164 Å². The zero-order valence-electron chi connectivity index (χ0n) is 43.2. The Balaban J connectivity index is 0.00000138. The van der Waals surface area contributed by atoms with Gasteiger partial charge in [-0.05, 0) is 89.2 Å². The van der Waals surface area contributed by atoms with E-state index < -0.39 is 6.09 Å². The lowest BCUT2D eigenvalue weighted by atomic mass is 10.0. The van der Waals surface area contributed by atoms with E-state index in [0.717, 1.165) is 121 Å². The van der Waals surface area contributed by atoms with Crippen molar-refractivity contribution in [3.8, 4) is 0 Å². The zero-order valence-corrected chi connectivity index (χ0v) is 43.2. The van der Waals surface area contributed by atoms with Crippen LogP contribution in [0.2, 0.25) is 0 Å². The Kier molecular flexibility index (Phi) is 38.4. The van der Waals surface area contributed by atoms with Crippen LogP contribution in [0.15, 0.2) is 30.3 Å². The molecule has 0 fully saturated rings. The predicted molar refractivity (Wildman–Crippen MR) is 268 cm³/mol. The summed E-state index contributed by atoms with van der Waals surface area (Å²) < 4.78 is 14.6. The maximum absolute atomic E-state index is 12.3. The Morgan fingerprint density at radius 1 is 0.426 bits per heavy atom. The minimum absolute atomic E-state index is 0.0295. The molecule has 0 saturated carbocycles. The molecule has 0 saturated heterocycles. The van der Waals surface area contributed by atoms with Gasteiger partial charge in [-0.2, -0.15) is 0 Å². The van der Waals surface area contributed by atoms with Crippen molar-refractivity contribution in [1.29, 1.82) is 0 Å². The van der Waals surface area contributed by atoms with E-state index in [1.54, 1.807) is 0 Å². The second-order valence-corrected chi connectivity index (χ2v) is 18.4. The SMILES string of the molecule is COC(=O)[C@@H](C)CCCCNC(=O)[C@@H](C)CCCCNC(=O)[C@@H](C)CCCCN.COC(=O)[C@@H](C)CCCCNC(=O)[C@@H](C)CCCCNC(=O)[C@@H](C)CCCCNC(=O)OCc1ccccc1. The number of carbonyl (C=O) groups is 7. The second kappa shape index (κ2) is 41.3. The summed E-state index contributed by atoms with van der Waals surface area (Å²) in [5.41, 5.74) is 6.41. The highest BCUT2D eigenvalue weighted by Gasteiger charge is 2.17. The Hall–Kier alpha value is -4.73. The van der Waals surface area contributed by atoms with Crippen molar-refractivity contribution in [3.63, 3.8) is 0 Å². The number of esters is 2. The zero-order chi connectivity index (χ0) is 51.0. The summed E-state index contributed by atoms with van der Waals surface area (Å²) >= 11 is 0. The van der Waals surface area contributed by atoms with E-state index in [2.05, 4.69) is 26.6 Å². The molecule has 0 bridgehead atoms. The van der Waals surface area contributed by atoms with Crippen molar-refractivity contribution in [3.05, 3.63) is 35.9 Å². The number of carbonyl (C=O) groups excluding carboxylic acids is 7. The van der Waals surface area contributed by atoms with Crippen LogP contribution in [-0.2, 0) is 49.6 Å². The second-order valence-electron chi connectivity index (χ2n) is 18.4. The molecule has 390 valence electrons. The van der Waals surface area contributed by atoms with Gasteiger partial charge in [-0.1, -0.05) is 110 Å². The van der Waals surface area contributed by atoms with Crippen LogP contribution >= 0.6 is 0 Å². The van der Waals surface area contributed by atoms with E-state index in [4.69, 9.17) is 19.9 Å². The number of alkyl carbamates (subject to hydrolysis) is 1. The fourth-order valence-electron chi connectivity index (χ4n) is 7.14.